The van der Waals surface area contributed by atoms with Crippen LogP contribution in [0.25, 0.3) is 0 Å². The molecular weight excluding hydrogens is 302 g/mol. The first-order valence-corrected chi connectivity index (χ1v) is 9.38. The predicted octanol–water partition coefficient (Wildman–Crippen LogP) is 1.44. The maximum atomic E-state index is 13.0. The van der Waals surface area contributed by atoms with E-state index in [-0.39, 0.29) is 17.3 Å². The standard InChI is InChI=1S/C16H21NO4S/c1-17-13-7-8-16(20-9-10-21-16)15(17)11-14(13)22(18,19)12-5-3-2-4-6-12/h2-6,13-15H,7-11H2,1H3/t13-,14+,15-/m1/s1. The fourth-order valence-electron chi connectivity index (χ4n) is 4.36. The number of sulfone groups is 1. The number of hydrogen-bond donors (Lipinski definition) is 0. The highest BCUT2D eigenvalue weighted by atomic mass is 32.2. The summed E-state index contributed by atoms with van der Waals surface area (Å²) >= 11 is 0. The van der Waals surface area contributed by atoms with Gasteiger partial charge in [0.25, 0.3) is 0 Å². The highest BCUT2D eigenvalue weighted by molar-refractivity contribution is 7.92. The molecule has 0 aliphatic carbocycles. The predicted molar refractivity (Wildman–Crippen MR) is 81.2 cm³/mol. The Morgan fingerprint density at radius 2 is 1.86 bits per heavy atom. The van der Waals surface area contributed by atoms with Gasteiger partial charge in [-0.1, -0.05) is 18.2 Å². The minimum Gasteiger partial charge on any atom is -0.346 e. The normalized spacial score (nSPS) is 34.3. The lowest BCUT2D eigenvalue weighted by molar-refractivity contribution is -0.215. The number of benzene rings is 1. The zero-order valence-electron chi connectivity index (χ0n) is 12.6. The van der Waals surface area contributed by atoms with Crippen molar-refractivity contribution in [3.63, 3.8) is 0 Å². The van der Waals surface area contributed by atoms with E-state index in [1.165, 1.54) is 0 Å². The van der Waals surface area contributed by atoms with Crippen LogP contribution in [0.1, 0.15) is 19.3 Å². The molecule has 1 aromatic rings. The molecule has 0 aromatic heterocycles. The highest BCUT2D eigenvalue weighted by Gasteiger charge is 2.59. The second-order valence-corrected chi connectivity index (χ2v) is 8.60. The molecule has 0 saturated carbocycles. The highest BCUT2D eigenvalue weighted by Crippen LogP contribution is 2.47. The number of hydrogen-bond acceptors (Lipinski definition) is 5. The van der Waals surface area contributed by atoms with Crippen molar-refractivity contribution in [2.24, 2.45) is 0 Å². The monoisotopic (exact) mass is 323 g/mol. The van der Waals surface area contributed by atoms with Crippen LogP contribution in [0.5, 0.6) is 0 Å². The van der Waals surface area contributed by atoms with Crippen LogP contribution in [0.4, 0.5) is 0 Å². The average molecular weight is 323 g/mol. The third-order valence-electron chi connectivity index (χ3n) is 5.44. The molecule has 3 aliphatic rings. The molecule has 3 fully saturated rings. The summed E-state index contributed by atoms with van der Waals surface area (Å²) in [6.07, 6.45) is 2.16. The van der Waals surface area contributed by atoms with Crippen LogP contribution >= 0.6 is 0 Å². The smallest absolute Gasteiger partial charge is 0.184 e. The van der Waals surface area contributed by atoms with Crippen molar-refractivity contribution in [3.05, 3.63) is 30.3 Å². The van der Waals surface area contributed by atoms with Gasteiger partial charge in [-0.25, -0.2) is 8.42 Å². The molecule has 3 aliphatic heterocycles. The lowest BCUT2D eigenvalue weighted by Crippen LogP contribution is -2.55. The van der Waals surface area contributed by atoms with Gasteiger partial charge in [-0.2, -0.15) is 0 Å². The Morgan fingerprint density at radius 3 is 2.55 bits per heavy atom. The topological polar surface area (TPSA) is 55.8 Å². The molecule has 2 bridgehead atoms. The largest absolute Gasteiger partial charge is 0.346 e. The van der Waals surface area contributed by atoms with Crippen LogP contribution in [-0.2, 0) is 19.3 Å². The molecule has 0 amide bonds. The van der Waals surface area contributed by atoms with Crippen molar-refractivity contribution >= 4 is 9.84 Å². The molecule has 3 atom stereocenters. The molecule has 0 radical (unpaired) electrons. The Bertz CT molecular complexity index is 654. The molecule has 1 spiro atoms. The van der Waals surface area contributed by atoms with Gasteiger partial charge >= 0.3 is 0 Å². The van der Waals surface area contributed by atoms with E-state index >= 15 is 0 Å². The van der Waals surface area contributed by atoms with E-state index in [0.717, 1.165) is 12.8 Å². The Balaban J connectivity index is 1.68. The van der Waals surface area contributed by atoms with Crippen LogP contribution in [-0.4, -0.2) is 56.7 Å². The van der Waals surface area contributed by atoms with Crippen molar-refractivity contribution < 1.29 is 17.9 Å². The van der Waals surface area contributed by atoms with Gasteiger partial charge in [0.05, 0.1) is 29.4 Å². The van der Waals surface area contributed by atoms with Gasteiger partial charge in [0.15, 0.2) is 15.6 Å². The van der Waals surface area contributed by atoms with Crippen LogP contribution in [0, 0.1) is 0 Å². The number of fused-ring (bicyclic) bond motifs is 3. The molecular formula is C16H21NO4S. The van der Waals surface area contributed by atoms with Crippen LogP contribution in [0.3, 0.4) is 0 Å². The molecule has 120 valence electrons. The maximum Gasteiger partial charge on any atom is 0.184 e. The maximum absolute atomic E-state index is 13.0. The Kier molecular flexibility index (Phi) is 3.34. The van der Waals surface area contributed by atoms with Crippen molar-refractivity contribution in [3.8, 4) is 0 Å². The van der Waals surface area contributed by atoms with Crippen LogP contribution in [0.2, 0.25) is 0 Å². The lowest BCUT2D eigenvalue weighted by atomic mass is 9.96. The summed E-state index contributed by atoms with van der Waals surface area (Å²) in [7, 11) is -1.32. The third-order valence-corrected chi connectivity index (χ3v) is 7.68. The van der Waals surface area contributed by atoms with E-state index in [0.29, 0.717) is 24.5 Å². The van der Waals surface area contributed by atoms with Crippen LogP contribution < -0.4 is 0 Å². The van der Waals surface area contributed by atoms with Gasteiger partial charge in [-0.3, -0.25) is 4.90 Å². The fraction of sp³-hybridized carbons (Fsp3) is 0.625. The van der Waals surface area contributed by atoms with E-state index in [4.69, 9.17) is 9.47 Å². The first-order chi connectivity index (χ1) is 10.5. The SMILES string of the molecule is CN1[C@@H]2CCC3(OCCO3)[C@H]1C[C@@H]2S(=O)(=O)c1ccccc1. The van der Waals surface area contributed by atoms with Gasteiger partial charge in [0.1, 0.15) is 0 Å². The average Bonchev–Trinajstić information content (AvgIpc) is 3.06. The summed E-state index contributed by atoms with van der Waals surface area (Å²) in [6.45, 7) is 1.20. The van der Waals surface area contributed by atoms with Gasteiger partial charge in [-0.15, -0.1) is 0 Å². The van der Waals surface area contributed by atoms with Gasteiger partial charge in [-0.05, 0) is 32.0 Å². The number of likely N-dealkylation sites (N-methyl/N-ethyl adjacent to an activating group) is 1. The van der Waals surface area contributed by atoms with Crippen molar-refractivity contribution in [2.45, 2.75) is 47.3 Å². The summed E-state index contributed by atoms with van der Waals surface area (Å²) in [4.78, 5) is 2.59. The number of ether oxygens (including phenoxy) is 2. The summed E-state index contributed by atoms with van der Waals surface area (Å²) in [5, 5.41) is -0.378. The number of nitrogens with zero attached hydrogens (tertiary/aromatic N) is 1. The molecule has 0 N–H and O–H groups in total. The van der Waals surface area contributed by atoms with E-state index in [1.807, 2.05) is 13.1 Å². The zero-order chi connectivity index (χ0) is 15.4. The Labute approximate surface area is 131 Å². The Hall–Kier alpha value is -0.950. The summed E-state index contributed by atoms with van der Waals surface area (Å²) in [5.74, 6) is -0.591. The molecule has 1 aromatic carbocycles. The molecule has 3 heterocycles. The summed E-state index contributed by atoms with van der Waals surface area (Å²) < 4.78 is 37.8. The summed E-state index contributed by atoms with van der Waals surface area (Å²) in [6, 6.07) is 8.86. The molecule has 3 saturated heterocycles. The van der Waals surface area contributed by atoms with Gasteiger partial charge in [0.2, 0.25) is 0 Å². The van der Waals surface area contributed by atoms with Crippen molar-refractivity contribution in [2.75, 3.05) is 20.3 Å². The minimum absolute atomic E-state index is 0.0252. The van der Waals surface area contributed by atoms with Crippen molar-refractivity contribution in [1.29, 1.82) is 0 Å². The quantitative estimate of drug-likeness (QED) is 0.824. The number of rotatable bonds is 2. The minimum atomic E-state index is -3.32. The van der Waals surface area contributed by atoms with Gasteiger partial charge < -0.3 is 9.47 Å². The molecule has 6 heteroatoms. The Morgan fingerprint density at radius 1 is 1.18 bits per heavy atom. The van der Waals surface area contributed by atoms with Crippen LogP contribution in [0.15, 0.2) is 35.2 Å². The lowest BCUT2D eigenvalue weighted by Gasteiger charge is -2.43. The van der Waals surface area contributed by atoms with Crippen molar-refractivity contribution in [1.82, 2.24) is 4.90 Å². The fourth-order valence-corrected chi connectivity index (χ4v) is 6.42. The molecule has 5 nitrogen and oxygen atoms in total. The molecule has 4 rings (SSSR count). The van der Waals surface area contributed by atoms with Gasteiger partial charge in [0, 0.05) is 12.5 Å². The molecule has 22 heavy (non-hydrogen) atoms. The first-order valence-electron chi connectivity index (χ1n) is 7.83. The third kappa shape index (κ3) is 1.98. The van der Waals surface area contributed by atoms with E-state index < -0.39 is 15.6 Å². The van der Waals surface area contributed by atoms with E-state index in [2.05, 4.69) is 4.90 Å². The molecule has 0 unspecified atom stereocenters. The van der Waals surface area contributed by atoms with E-state index in [9.17, 15) is 8.42 Å². The second kappa shape index (κ2) is 5.03. The second-order valence-electron chi connectivity index (χ2n) is 6.43. The summed E-state index contributed by atoms with van der Waals surface area (Å²) in [5.41, 5.74) is 0. The first kappa shape index (κ1) is 14.6. The zero-order valence-corrected chi connectivity index (χ0v) is 13.5. The number of piperidine rings is 1. The van der Waals surface area contributed by atoms with E-state index in [1.54, 1.807) is 24.3 Å².